The van der Waals surface area contributed by atoms with Crippen LogP contribution < -0.4 is 10.6 Å². The zero-order chi connectivity index (χ0) is 17.5. The van der Waals surface area contributed by atoms with Crippen LogP contribution in [0, 0.1) is 10.1 Å². The Kier molecular flexibility index (Phi) is 5.62. The maximum Gasteiger partial charge on any atom is 0.292 e. The summed E-state index contributed by atoms with van der Waals surface area (Å²) in [6, 6.07) is 12.9. The smallest absolute Gasteiger partial charge is 0.292 e. The van der Waals surface area contributed by atoms with E-state index < -0.39 is 4.92 Å². The second-order valence-electron chi connectivity index (χ2n) is 5.14. The van der Waals surface area contributed by atoms with Gasteiger partial charge in [-0.15, -0.1) is 0 Å². The number of ketones is 1. The molecule has 0 unspecified atom stereocenters. The Hall–Kier alpha value is -3.22. The molecule has 7 nitrogen and oxygen atoms in total. The van der Waals surface area contributed by atoms with Crippen LogP contribution in [-0.2, 0) is 4.79 Å². The van der Waals surface area contributed by atoms with E-state index in [2.05, 4.69) is 10.6 Å². The van der Waals surface area contributed by atoms with Gasteiger partial charge in [0.2, 0.25) is 5.91 Å². The van der Waals surface area contributed by atoms with E-state index in [0.29, 0.717) is 16.9 Å². The minimum atomic E-state index is -0.477. The highest BCUT2D eigenvalue weighted by Crippen LogP contribution is 2.22. The van der Waals surface area contributed by atoms with Crippen molar-refractivity contribution in [2.24, 2.45) is 0 Å². The summed E-state index contributed by atoms with van der Waals surface area (Å²) in [4.78, 5) is 33.7. The molecule has 0 radical (unpaired) electrons. The van der Waals surface area contributed by atoms with Gasteiger partial charge in [0.05, 0.1) is 4.92 Å². The summed E-state index contributed by atoms with van der Waals surface area (Å²) in [6.45, 7) is 1.71. The molecule has 0 atom stereocenters. The molecule has 0 fully saturated rings. The normalized spacial score (nSPS) is 10.0. The number of carbonyl (C=O) groups is 2. The molecule has 0 aliphatic rings. The molecule has 0 heterocycles. The first-order valence-electron chi connectivity index (χ1n) is 7.35. The van der Waals surface area contributed by atoms with E-state index >= 15 is 0 Å². The lowest BCUT2D eigenvalue weighted by Gasteiger charge is -2.08. The van der Waals surface area contributed by atoms with Gasteiger partial charge in [-0.1, -0.05) is 24.3 Å². The number of amides is 1. The molecule has 0 aliphatic heterocycles. The number of rotatable bonds is 7. The summed E-state index contributed by atoms with van der Waals surface area (Å²) in [5.74, 6) is -0.328. The third-order valence-corrected chi connectivity index (χ3v) is 3.32. The van der Waals surface area contributed by atoms with Crippen LogP contribution in [0.3, 0.4) is 0 Å². The second kappa shape index (κ2) is 7.87. The molecule has 0 saturated heterocycles. The topological polar surface area (TPSA) is 101 Å². The van der Waals surface area contributed by atoms with Crippen molar-refractivity contribution in [1.29, 1.82) is 0 Å². The number of benzene rings is 2. The molecule has 124 valence electrons. The Morgan fingerprint density at radius 1 is 1.12 bits per heavy atom. The highest BCUT2D eigenvalue weighted by Gasteiger charge is 2.12. The number of hydrogen-bond donors (Lipinski definition) is 2. The molecule has 0 aliphatic carbocycles. The van der Waals surface area contributed by atoms with Crippen LogP contribution >= 0.6 is 0 Å². The van der Waals surface area contributed by atoms with Crippen molar-refractivity contribution in [2.45, 2.75) is 13.3 Å². The van der Waals surface area contributed by atoms with Gasteiger partial charge < -0.3 is 10.6 Å². The van der Waals surface area contributed by atoms with Crippen LogP contribution in [0.5, 0.6) is 0 Å². The molecule has 0 aromatic heterocycles. The Bertz CT molecular complexity index is 774. The average Bonchev–Trinajstić information content (AvgIpc) is 2.55. The molecule has 0 spiro atoms. The Labute approximate surface area is 138 Å². The van der Waals surface area contributed by atoms with E-state index in [0.717, 1.165) is 0 Å². The Morgan fingerprint density at radius 3 is 2.58 bits per heavy atom. The van der Waals surface area contributed by atoms with E-state index in [9.17, 15) is 19.7 Å². The number of anilines is 2. The summed E-state index contributed by atoms with van der Waals surface area (Å²) in [5.41, 5.74) is 1.39. The number of nitro groups is 1. The van der Waals surface area contributed by atoms with Gasteiger partial charge in [0, 0.05) is 30.3 Å². The second-order valence-corrected chi connectivity index (χ2v) is 5.14. The molecule has 0 saturated carbocycles. The quantitative estimate of drug-likeness (QED) is 0.462. The number of nitro benzene ring substituents is 1. The van der Waals surface area contributed by atoms with Gasteiger partial charge in [-0.3, -0.25) is 19.7 Å². The summed E-state index contributed by atoms with van der Waals surface area (Å²) >= 11 is 0. The van der Waals surface area contributed by atoms with Gasteiger partial charge in [0.15, 0.2) is 5.78 Å². The van der Waals surface area contributed by atoms with E-state index in [1.54, 1.807) is 42.5 Å². The molecule has 7 heteroatoms. The SMILES string of the molecule is CC(=O)c1cccc(NC(=O)CCNc2ccccc2[N+](=O)[O-])c1. The Morgan fingerprint density at radius 2 is 1.88 bits per heavy atom. The maximum atomic E-state index is 11.9. The highest BCUT2D eigenvalue weighted by atomic mass is 16.6. The third-order valence-electron chi connectivity index (χ3n) is 3.32. The number of nitrogens with zero attached hydrogens (tertiary/aromatic N) is 1. The molecule has 2 aromatic carbocycles. The third kappa shape index (κ3) is 4.64. The fourth-order valence-corrected chi connectivity index (χ4v) is 2.13. The van der Waals surface area contributed by atoms with Crippen LogP contribution in [0.15, 0.2) is 48.5 Å². The van der Waals surface area contributed by atoms with Crippen molar-refractivity contribution in [2.75, 3.05) is 17.2 Å². The largest absolute Gasteiger partial charge is 0.379 e. The van der Waals surface area contributed by atoms with Crippen LogP contribution in [0.1, 0.15) is 23.7 Å². The van der Waals surface area contributed by atoms with Crippen molar-refractivity contribution >= 4 is 28.8 Å². The van der Waals surface area contributed by atoms with Gasteiger partial charge in [0.1, 0.15) is 5.69 Å². The van der Waals surface area contributed by atoms with Crippen molar-refractivity contribution in [3.05, 3.63) is 64.2 Å². The molecule has 2 N–H and O–H groups in total. The summed E-state index contributed by atoms with van der Waals surface area (Å²) < 4.78 is 0. The zero-order valence-corrected chi connectivity index (χ0v) is 13.1. The van der Waals surface area contributed by atoms with Crippen molar-refractivity contribution in [3.63, 3.8) is 0 Å². The molecular formula is C17H17N3O4. The predicted molar refractivity (Wildman–Crippen MR) is 91.3 cm³/mol. The highest BCUT2D eigenvalue weighted by molar-refractivity contribution is 5.97. The molecule has 0 bridgehead atoms. The van der Waals surface area contributed by atoms with Crippen LogP contribution in [0.25, 0.3) is 0 Å². The first kappa shape index (κ1) is 17.1. The Balaban J connectivity index is 1.89. The molecule has 2 rings (SSSR count). The number of nitrogens with one attached hydrogen (secondary N) is 2. The van der Waals surface area contributed by atoms with E-state index in [1.165, 1.54) is 13.0 Å². The first-order valence-corrected chi connectivity index (χ1v) is 7.35. The van der Waals surface area contributed by atoms with Crippen LogP contribution in [-0.4, -0.2) is 23.2 Å². The molecule has 1 amide bonds. The van der Waals surface area contributed by atoms with Gasteiger partial charge in [0.25, 0.3) is 5.69 Å². The molecular weight excluding hydrogens is 310 g/mol. The summed E-state index contributed by atoms with van der Waals surface area (Å²) in [7, 11) is 0. The van der Waals surface area contributed by atoms with Crippen LogP contribution in [0.2, 0.25) is 0 Å². The number of carbonyl (C=O) groups excluding carboxylic acids is 2. The fraction of sp³-hybridized carbons (Fsp3) is 0.176. The standard InChI is InChI=1S/C17H17N3O4/c1-12(21)13-5-4-6-14(11-13)19-17(22)9-10-18-15-7-2-3-8-16(15)20(23)24/h2-8,11,18H,9-10H2,1H3,(H,19,22). The average molecular weight is 327 g/mol. The molecule has 24 heavy (non-hydrogen) atoms. The van der Waals surface area contributed by atoms with Crippen molar-refractivity contribution in [3.8, 4) is 0 Å². The van der Waals surface area contributed by atoms with E-state index in [4.69, 9.17) is 0 Å². The number of para-hydroxylation sites is 2. The minimum absolute atomic E-state index is 0.0351. The lowest BCUT2D eigenvalue weighted by Crippen LogP contribution is -2.16. The molecule has 2 aromatic rings. The van der Waals surface area contributed by atoms with E-state index in [1.807, 2.05) is 0 Å². The first-order chi connectivity index (χ1) is 11.5. The fourth-order valence-electron chi connectivity index (χ4n) is 2.13. The van der Waals surface area contributed by atoms with Gasteiger partial charge >= 0.3 is 0 Å². The lowest BCUT2D eigenvalue weighted by atomic mass is 10.1. The van der Waals surface area contributed by atoms with E-state index in [-0.39, 0.29) is 30.3 Å². The monoisotopic (exact) mass is 327 g/mol. The van der Waals surface area contributed by atoms with Crippen molar-refractivity contribution < 1.29 is 14.5 Å². The lowest BCUT2D eigenvalue weighted by molar-refractivity contribution is -0.384. The van der Waals surface area contributed by atoms with Gasteiger partial charge in [-0.25, -0.2) is 0 Å². The maximum absolute atomic E-state index is 11.9. The van der Waals surface area contributed by atoms with Crippen LogP contribution in [0.4, 0.5) is 17.1 Å². The number of hydrogen-bond acceptors (Lipinski definition) is 5. The predicted octanol–water partition coefficient (Wildman–Crippen LogP) is 3.24. The minimum Gasteiger partial charge on any atom is -0.379 e. The van der Waals surface area contributed by atoms with Gasteiger partial charge in [-0.2, -0.15) is 0 Å². The summed E-state index contributed by atoms with van der Waals surface area (Å²) in [5, 5.41) is 16.5. The van der Waals surface area contributed by atoms with Gasteiger partial charge in [-0.05, 0) is 25.1 Å². The van der Waals surface area contributed by atoms with Crippen molar-refractivity contribution in [1.82, 2.24) is 0 Å². The zero-order valence-electron chi connectivity index (χ0n) is 13.1. The number of Topliss-reactive ketones (excluding diaryl/α,β-unsaturated/α-hetero) is 1. The summed E-state index contributed by atoms with van der Waals surface area (Å²) in [6.07, 6.45) is 0.135.